The highest BCUT2D eigenvalue weighted by Gasteiger charge is 2.38. The number of nitro benzene ring substituents is 1. The average molecular weight is 399 g/mol. The smallest absolute Gasteiger partial charge is 0.475 e. The molecule has 152 valence electrons. The number of carbonyl (C=O) groups is 1. The normalized spacial score (nSPS) is 15.4. The number of benzene rings is 1. The topological polar surface area (TPSA) is 113 Å². The molecule has 1 atom stereocenters. The summed E-state index contributed by atoms with van der Waals surface area (Å²) >= 11 is 0. The Labute approximate surface area is 167 Å². The van der Waals surface area contributed by atoms with E-state index >= 15 is 0 Å². The van der Waals surface area contributed by atoms with E-state index in [9.17, 15) is 14.9 Å². The maximum absolute atomic E-state index is 11.9. The van der Waals surface area contributed by atoms with E-state index < -0.39 is 17.0 Å². The lowest BCUT2D eigenvalue weighted by Gasteiger charge is -2.31. The first-order valence-corrected chi connectivity index (χ1v) is 8.96. The van der Waals surface area contributed by atoms with Crippen molar-refractivity contribution in [1.29, 1.82) is 0 Å². The second kappa shape index (κ2) is 8.17. The molecule has 2 heterocycles. The number of hydrogen-bond acceptors (Lipinski definition) is 8. The Bertz CT molecular complexity index is 986. The second-order valence-electron chi connectivity index (χ2n) is 6.66. The number of rotatable bonds is 5. The molecule has 3 rings (SSSR count). The molecule has 29 heavy (non-hydrogen) atoms. The summed E-state index contributed by atoms with van der Waals surface area (Å²) in [5.74, 6) is -0.318. The number of pyridine rings is 1. The number of carbonyl (C=O) groups excluding carboxylic acids is 1. The van der Waals surface area contributed by atoms with Gasteiger partial charge in [-0.2, -0.15) is 0 Å². The fourth-order valence-corrected chi connectivity index (χ4v) is 3.23. The molecular formula is C20H21N3O6. The van der Waals surface area contributed by atoms with Crippen molar-refractivity contribution in [1.82, 2.24) is 4.98 Å². The first kappa shape index (κ1) is 20.1. The van der Waals surface area contributed by atoms with Gasteiger partial charge in [0, 0.05) is 23.5 Å². The first-order valence-electron chi connectivity index (χ1n) is 8.96. The van der Waals surface area contributed by atoms with Gasteiger partial charge in [-0.25, -0.2) is 9.78 Å². The van der Waals surface area contributed by atoms with Gasteiger partial charge in [-0.1, -0.05) is 18.2 Å². The molecule has 0 radical (unpaired) electrons. The van der Waals surface area contributed by atoms with Crippen molar-refractivity contribution in [2.24, 2.45) is 0 Å². The molecule has 0 amide bonds. The summed E-state index contributed by atoms with van der Waals surface area (Å²) in [6, 6.07) is 8.03. The molecule has 0 bridgehead atoms. The Morgan fingerprint density at radius 2 is 2.00 bits per heavy atom. The number of nitrogens with zero attached hydrogens (tertiary/aromatic N) is 2. The van der Waals surface area contributed by atoms with Crippen molar-refractivity contribution >= 4 is 17.5 Å². The van der Waals surface area contributed by atoms with Gasteiger partial charge in [0.25, 0.3) is 5.69 Å². The predicted octanol–water partition coefficient (Wildman–Crippen LogP) is 4.35. The third kappa shape index (κ3) is 3.98. The van der Waals surface area contributed by atoms with Crippen LogP contribution < -0.4 is 10.1 Å². The van der Waals surface area contributed by atoms with Gasteiger partial charge in [-0.15, -0.1) is 0 Å². The number of fused-ring (bicyclic) bond motifs is 1. The van der Waals surface area contributed by atoms with Crippen LogP contribution in [0.5, 0.6) is 5.88 Å². The van der Waals surface area contributed by atoms with E-state index in [0.717, 1.165) is 0 Å². The van der Waals surface area contributed by atoms with Crippen LogP contribution in [-0.2, 0) is 9.47 Å². The Morgan fingerprint density at radius 3 is 2.66 bits per heavy atom. The molecule has 0 saturated heterocycles. The number of allylic oxidation sites excluding steroid dienone is 2. The lowest BCUT2D eigenvalue weighted by atomic mass is 9.85. The highest BCUT2D eigenvalue weighted by Crippen LogP contribution is 2.48. The van der Waals surface area contributed by atoms with E-state index in [2.05, 4.69) is 15.0 Å². The molecule has 1 aliphatic rings. The summed E-state index contributed by atoms with van der Waals surface area (Å²) in [6.07, 6.45) is 0.472. The van der Waals surface area contributed by atoms with Gasteiger partial charge in [0.2, 0.25) is 5.88 Å². The fourth-order valence-electron chi connectivity index (χ4n) is 3.23. The monoisotopic (exact) mass is 399 g/mol. The number of anilines is 1. The molecule has 9 heteroatoms. The Balaban J connectivity index is 2.29. The highest BCUT2D eigenvalue weighted by atomic mass is 16.7. The molecule has 1 N–H and O–H groups in total. The van der Waals surface area contributed by atoms with Crippen molar-refractivity contribution < 1.29 is 23.9 Å². The van der Waals surface area contributed by atoms with Gasteiger partial charge in [0.1, 0.15) is 5.76 Å². The molecule has 1 aromatic carbocycles. The minimum atomic E-state index is -0.927. The third-order valence-corrected chi connectivity index (χ3v) is 4.35. The highest BCUT2D eigenvalue weighted by molar-refractivity contribution is 5.71. The standard InChI is InChI=1S/C20H21N3O6/c1-11(2)28-19-17-14(9-10-21-19)22-12(3)18(29-20(24)27-4)16(17)13-7-5-6-8-15(13)23(25)26/h5-11,16,22H,1-4H3. The molecule has 0 saturated carbocycles. The average Bonchev–Trinajstić information content (AvgIpc) is 2.68. The molecule has 1 aliphatic heterocycles. The van der Waals surface area contributed by atoms with E-state index in [1.807, 2.05) is 13.8 Å². The maximum Gasteiger partial charge on any atom is 0.513 e. The zero-order valence-corrected chi connectivity index (χ0v) is 16.5. The third-order valence-electron chi connectivity index (χ3n) is 4.35. The van der Waals surface area contributed by atoms with Gasteiger partial charge in [0.05, 0.1) is 35.3 Å². The summed E-state index contributed by atoms with van der Waals surface area (Å²) in [7, 11) is 1.19. The molecule has 0 fully saturated rings. The van der Waals surface area contributed by atoms with Gasteiger partial charge in [0.15, 0.2) is 0 Å². The van der Waals surface area contributed by atoms with Crippen LogP contribution in [0, 0.1) is 10.1 Å². The van der Waals surface area contributed by atoms with Crippen LogP contribution in [-0.4, -0.2) is 29.3 Å². The molecular weight excluding hydrogens is 378 g/mol. The van der Waals surface area contributed by atoms with E-state index in [0.29, 0.717) is 28.4 Å². The molecule has 9 nitrogen and oxygen atoms in total. The number of ether oxygens (including phenoxy) is 3. The SMILES string of the molecule is COC(=O)OC1=C(C)Nc2ccnc(OC(C)C)c2C1c1ccccc1[N+](=O)[O-]. The van der Waals surface area contributed by atoms with Gasteiger partial charge < -0.3 is 19.5 Å². The summed E-state index contributed by atoms with van der Waals surface area (Å²) in [4.78, 5) is 27.5. The molecule has 2 aromatic rings. The van der Waals surface area contributed by atoms with Crippen molar-refractivity contribution in [3.63, 3.8) is 0 Å². The molecule has 0 spiro atoms. The maximum atomic E-state index is 11.9. The quantitative estimate of drug-likeness (QED) is 0.448. The Hall–Kier alpha value is -3.62. The summed E-state index contributed by atoms with van der Waals surface area (Å²) in [5, 5.41) is 14.9. The van der Waals surface area contributed by atoms with Crippen molar-refractivity contribution in [3.8, 4) is 5.88 Å². The van der Waals surface area contributed by atoms with Gasteiger partial charge in [-0.05, 0) is 26.8 Å². The predicted molar refractivity (Wildman–Crippen MR) is 105 cm³/mol. The van der Waals surface area contributed by atoms with E-state index in [1.54, 1.807) is 37.4 Å². The van der Waals surface area contributed by atoms with Crippen molar-refractivity contribution in [2.45, 2.75) is 32.8 Å². The van der Waals surface area contributed by atoms with Crippen LogP contribution >= 0.6 is 0 Å². The van der Waals surface area contributed by atoms with E-state index in [4.69, 9.17) is 9.47 Å². The summed E-state index contributed by atoms with van der Waals surface area (Å²) in [6.45, 7) is 5.42. The van der Waals surface area contributed by atoms with Crippen LogP contribution in [0.2, 0.25) is 0 Å². The summed E-state index contributed by atoms with van der Waals surface area (Å²) in [5.41, 5.74) is 1.96. The number of methoxy groups -OCH3 is 1. The zero-order chi connectivity index (χ0) is 21.1. The lowest BCUT2D eigenvalue weighted by Crippen LogP contribution is -2.24. The van der Waals surface area contributed by atoms with Crippen LogP contribution in [0.3, 0.4) is 0 Å². The minimum absolute atomic E-state index is 0.108. The number of hydrogen-bond donors (Lipinski definition) is 1. The van der Waals surface area contributed by atoms with Crippen LogP contribution in [0.4, 0.5) is 16.2 Å². The number of nitrogens with one attached hydrogen (secondary N) is 1. The number of para-hydroxylation sites is 1. The minimum Gasteiger partial charge on any atom is -0.475 e. The van der Waals surface area contributed by atoms with Gasteiger partial charge >= 0.3 is 6.16 Å². The van der Waals surface area contributed by atoms with Crippen LogP contribution in [0.25, 0.3) is 0 Å². The summed E-state index contributed by atoms with van der Waals surface area (Å²) < 4.78 is 15.9. The first-order chi connectivity index (χ1) is 13.8. The fraction of sp³-hybridized carbons (Fsp3) is 0.300. The van der Waals surface area contributed by atoms with E-state index in [-0.39, 0.29) is 17.6 Å². The lowest BCUT2D eigenvalue weighted by molar-refractivity contribution is -0.385. The number of nitro groups is 1. The second-order valence-corrected chi connectivity index (χ2v) is 6.66. The molecule has 0 aliphatic carbocycles. The van der Waals surface area contributed by atoms with E-state index in [1.165, 1.54) is 13.2 Å². The van der Waals surface area contributed by atoms with Crippen molar-refractivity contribution in [3.05, 3.63) is 69.2 Å². The van der Waals surface area contributed by atoms with Crippen LogP contribution in [0.1, 0.15) is 37.8 Å². The van der Waals surface area contributed by atoms with Crippen LogP contribution in [0.15, 0.2) is 48.0 Å². The Kier molecular flexibility index (Phi) is 5.67. The van der Waals surface area contributed by atoms with Crippen molar-refractivity contribution in [2.75, 3.05) is 12.4 Å². The number of aromatic nitrogens is 1. The Morgan fingerprint density at radius 1 is 1.28 bits per heavy atom. The zero-order valence-electron chi connectivity index (χ0n) is 16.5. The molecule has 1 aromatic heterocycles. The largest absolute Gasteiger partial charge is 0.513 e. The molecule has 1 unspecified atom stereocenters. The van der Waals surface area contributed by atoms with Gasteiger partial charge in [-0.3, -0.25) is 10.1 Å².